The van der Waals surface area contributed by atoms with E-state index < -0.39 is 24.2 Å². The van der Waals surface area contributed by atoms with Crippen LogP contribution in [0.1, 0.15) is 18.4 Å². The number of aryl methyl sites for hydroxylation is 1. The summed E-state index contributed by atoms with van der Waals surface area (Å²) < 4.78 is 45.6. The number of aromatic nitrogens is 4. The molecule has 0 aliphatic rings. The molecule has 1 aromatic carbocycles. The number of anilines is 2. The summed E-state index contributed by atoms with van der Waals surface area (Å²) in [7, 11) is 2.53. The highest BCUT2D eigenvalue weighted by atomic mass is 19.1. The molecule has 0 aliphatic carbocycles. The lowest BCUT2D eigenvalue weighted by Crippen LogP contribution is -2.06. The summed E-state index contributed by atoms with van der Waals surface area (Å²) in [5.41, 5.74) is 0.264. The predicted octanol–water partition coefficient (Wildman–Crippen LogP) is 3.16. The number of ether oxygens (including phenoxy) is 3. The summed E-state index contributed by atoms with van der Waals surface area (Å²) in [6.07, 6.45) is 6.45. The molecule has 12 heteroatoms. The number of carboxylic acid groups (broad SMARTS) is 1. The second-order valence-corrected chi connectivity index (χ2v) is 6.53. The van der Waals surface area contributed by atoms with Crippen molar-refractivity contribution >= 4 is 17.6 Å². The lowest BCUT2D eigenvalue weighted by molar-refractivity contribution is -0.137. The zero-order valence-corrected chi connectivity index (χ0v) is 17.3. The van der Waals surface area contributed by atoms with Gasteiger partial charge >= 0.3 is 5.97 Å². The summed E-state index contributed by atoms with van der Waals surface area (Å²) in [5, 5.41) is 15.7. The highest BCUT2D eigenvalue weighted by Crippen LogP contribution is 2.32. The van der Waals surface area contributed by atoms with Crippen molar-refractivity contribution in [1.82, 2.24) is 19.7 Å². The average molecular weight is 449 g/mol. The van der Waals surface area contributed by atoms with Crippen molar-refractivity contribution in [2.24, 2.45) is 0 Å². The number of aliphatic carboxylic acids is 1. The Hall–Kier alpha value is -3.96. The molecular formula is C20H21F2N5O5. The molecule has 0 amide bonds. The standard InChI is InChI=1S/C20H21F2N5O5/c1-30-15-6-16(31-2)19(22)14(18(15)21)11-32-13-8-23-20(24-9-13)26-12-7-25-27(10-12)5-3-4-17(28)29/h6-10H,3-5,11H2,1-2H3,(H,28,29)(H,23,24,26). The van der Waals surface area contributed by atoms with Crippen LogP contribution in [-0.2, 0) is 17.9 Å². The summed E-state index contributed by atoms with van der Waals surface area (Å²) in [5.74, 6) is -2.51. The number of nitrogens with zero attached hydrogens (tertiary/aromatic N) is 4. The maximum Gasteiger partial charge on any atom is 0.303 e. The Morgan fingerprint density at radius 2 is 1.78 bits per heavy atom. The maximum atomic E-state index is 14.4. The number of rotatable bonds is 11. The monoisotopic (exact) mass is 449 g/mol. The van der Waals surface area contributed by atoms with Crippen LogP contribution in [0, 0.1) is 11.6 Å². The first-order valence-corrected chi connectivity index (χ1v) is 9.46. The highest BCUT2D eigenvalue weighted by Gasteiger charge is 2.20. The third-order valence-electron chi connectivity index (χ3n) is 4.34. The largest absolute Gasteiger partial charge is 0.494 e. The van der Waals surface area contributed by atoms with Crippen LogP contribution >= 0.6 is 0 Å². The normalized spacial score (nSPS) is 10.6. The Bertz CT molecular complexity index is 1050. The van der Waals surface area contributed by atoms with Gasteiger partial charge in [0.1, 0.15) is 6.61 Å². The zero-order chi connectivity index (χ0) is 23.1. The number of hydrogen-bond donors (Lipinski definition) is 2. The second-order valence-electron chi connectivity index (χ2n) is 6.53. The van der Waals surface area contributed by atoms with Crippen molar-refractivity contribution in [3.63, 3.8) is 0 Å². The topological polar surface area (TPSA) is 121 Å². The van der Waals surface area contributed by atoms with Gasteiger partial charge in [-0.05, 0) is 6.42 Å². The molecule has 0 saturated heterocycles. The van der Waals surface area contributed by atoms with Gasteiger partial charge in [-0.25, -0.2) is 18.7 Å². The predicted molar refractivity (Wildman–Crippen MR) is 108 cm³/mol. The van der Waals surface area contributed by atoms with Gasteiger partial charge in [-0.3, -0.25) is 9.48 Å². The molecule has 0 bridgehead atoms. The number of methoxy groups -OCH3 is 2. The third kappa shape index (κ3) is 5.59. The van der Waals surface area contributed by atoms with E-state index in [0.717, 1.165) is 6.07 Å². The van der Waals surface area contributed by atoms with E-state index in [9.17, 15) is 13.6 Å². The molecule has 0 atom stereocenters. The molecular weight excluding hydrogens is 428 g/mol. The van der Waals surface area contributed by atoms with E-state index in [0.29, 0.717) is 18.7 Å². The van der Waals surface area contributed by atoms with Crippen molar-refractivity contribution in [2.45, 2.75) is 26.0 Å². The van der Waals surface area contributed by atoms with E-state index in [1.807, 2.05) is 0 Å². The highest BCUT2D eigenvalue weighted by molar-refractivity contribution is 5.66. The van der Waals surface area contributed by atoms with Crippen molar-refractivity contribution in [2.75, 3.05) is 19.5 Å². The fourth-order valence-corrected chi connectivity index (χ4v) is 2.75. The van der Waals surface area contributed by atoms with E-state index in [-0.39, 0.29) is 35.2 Å². The minimum absolute atomic E-state index is 0.0591. The average Bonchev–Trinajstić information content (AvgIpc) is 3.22. The molecule has 2 aromatic heterocycles. The van der Waals surface area contributed by atoms with Crippen LogP contribution in [0.15, 0.2) is 30.9 Å². The van der Waals surface area contributed by atoms with Crippen molar-refractivity contribution in [3.05, 3.63) is 48.1 Å². The molecule has 3 aromatic rings. The van der Waals surface area contributed by atoms with Crippen LogP contribution in [0.5, 0.6) is 17.2 Å². The van der Waals surface area contributed by atoms with Gasteiger partial charge in [0.2, 0.25) is 5.95 Å². The van der Waals surface area contributed by atoms with Crippen molar-refractivity contribution < 1.29 is 32.9 Å². The fraction of sp³-hybridized carbons (Fsp3) is 0.300. The molecule has 2 heterocycles. The van der Waals surface area contributed by atoms with Crippen LogP contribution in [0.3, 0.4) is 0 Å². The maximum absolute atomic E-state index is 14.4. The molecule has 2 N–H and O–H groups in total. The van der Waals surface area contributed by atoms with E-state index in [1.165, 1.54) is 26.6 Å². The Balaban J connectivity index is 1.60. The summed E-state index contributed by atoms with van der Waals surface area (Å²) in [6.45, 7) is 0.0360. The fourth-order valence-electron chi connectivity index (χ4n) is 2.75. The molecule has 0 unspecified atom stereocenters. The summed E-state index contributed by atoms with van der Waals surface area (Å²) in [6, 6.07) is 1.12. The first-order chi connectivity index (χ1) is 15.4. The van der Waals surface area contributed by atoms with Gasteiger partial charge in [-0.15, -0.1) is 0 Å². The van der Waals surface area contributed by atoms with Gasteiger partial charge in [0.05, 0.1) is 44.1 Å². The summed E-state index contributed by atoms with van der Waals surface area (Å²) in [4.78, 5) is 18.8. The molecule has 32 heavy (non-hydrogen) atoms. The van der Waals surface area contributed by atoms with E-state index in [1.54, 1.807) is 17.1 Å². The van der Waals surface area contributed by atoms with Gasteiger partial charge < -0.3 is 24.6 Å². The SMILES string of the molecule is COc1cc(OC)c(F)c(COc2cnc(Nc3cnn(CCCC(=O)O)c3)nc2)c1F. The van der Waals surface area contributed by atoms with Crippen LogP contribution in [-0.4, -0.2) is 45.0 Å². The Labute approximate surface area is 181 Å². The van der Waals surface area contributed by atoms with E-state index >= 15 is 0 Å². The second kappa shape index (κ2) is 10.4. The van der Waals surface area contributed by atoms with Crippen LogP contribution in [0.4, 0.5) is 20.4 Å². The first-order valence-electron chi connectivity index (χ1n) is 9.46. The van der Waals surface area contributed by atoms with Gasteiger partial charge in [-0.1, -0.05) is 0 Å². The van der Waals surface area contributed by atoms with Gasteiger partial charge in [0, 0.05) is 25.2 Å². The van der Waals surface area contributed by atoms with Crippen LogP contribution in [0.25, 0.3) is 0 Å². The van der Waals surface area contributed by atoms with E-state index in [2.05, 4.69) is 20.4 Å². The van der Waals surface area contributed by atoms with E-state index in [4.69, 9.17) is 19.3 Å². The zero-order valence-electron chi connectivity index (χ0n) is 17.3. The molecule has 3 rings (SSSR count). The lowest BCUT2D eigenvalue weighted by atomic mass is 10.1. The number of nitrogens with one attached hydrogen (secondary N) is 1. The van der Waals surface area contributed by atoms with Crippen molar-refractivity contribution in [1.29, 1.82) is 0 Å². The molecule has 0 radical (unpaired) electrons. The lowest BCUT2D eigenvalue weighted by Gasteiger charge is -2.13. The third-order valence-corrected chi connectivity index (χ3v) is 4.34. The quantitative estimate of drug-likeness (QED) is 0.455. The van der Waals surface area contributed by atoms with Crippen LogP contribution < -0.4 is 19.5 Å². The minimum atomic E-state index is -0.884. The Morgan fingerprint density at radius 3 is 2.38 bits per heavy atom. The van der Waals surface area contributed by atoms with Gasteiger partial charge in [0.25, 0.3) is 0 Å². The summed E-state index contributed by atoms with van der Waals surface area (Å²) >= 11 is 0. The molecule has 10 nitrogen and oxygen atoms in total. The minimum Gasteiger partial charge on any atom is -0.494 e. The number of carboxylic acids is 1. The number of halogens is 2. The first kappa shape index (κ1) is 22.7. The number of carbonyl (C=O) groups is 1. The Kier molecular flexibility index (Phi) is 7.37. The van der Waals surface area contributed by atoms with Gasteiger partial charge in [-0.2, -0.15) is 5.10 Å². The number of hydrogen-bond acceptors (Lipinski definition) is 8. The molecule has 170 valence electrons. The van der Waals surface area contributed by atoms with Gasteiger partial charge in [0.15, 0.2) is 28.9 Å². The van der Waals surface area contributed by atoms with Crippen LogP contribution in [0.2, 0.25) is 0 Å². The molecule has 0 fully saturated rings. The number of benzene rings is 1. The molecule has 0 saturated carbocycles. The smallest absolute Gasteiger partial charge is 0.303 e. The van der Waals surface area contributed by atoms with Crippen molar-refractivity contribution in [3.8, 4) is 17.2 Å². The molecule has 0 spiro atoms. The Morgan fingerprint density at radius 1 is 1.12 bits per heavy atom. The molecule has 0 aliphatic heterocycles.